The zero-order valence-electron chi connectivity index (χ0n) is 16.1. The average molecular weight is 475 g/mol. The van der Waals surface area contributed by atoms with Crippen molar-refractivity contribution in [3.8, 4) is 0 Å². The van der Waals surface area contributed by atoms with E-state index in [1.54, 1.807) is 4.90 Å². The van der Waals surface area contributed by atoms with Gasteiger partial charge in [-0.2, -0.15) is 13.2 Å². The van der Waals surface area contributed by atoms with Crippen molar-refractivity contribution in [2.24, 2.45) is 5.92 Å². The Morgan fingerprint density at radius 1 is 1.19 bits per heavy atom. The van der Waals surface area contributed by atoms with E-state index < -0.39 is 42.7 Å². The summed E-state index contributed by atoms with van der Waals surface area (Å²) in [7, 11) is -5.53. The molecule has 0 aliphatic carbocycles. The summed E-state index contributed by atoms with van der Waals surface area (Å²) in [6.45, 7) is 0.441. The van der Waals surface area contributed by atoms with Crippen LogP contribution in [0.3, 0.4) is 0 Å². The number of benzene rings is 1. The van der Waals surface area contributed by atoms with Crippen LogP contribution in [0.15, 0.2) is 35.5 Å². The third kappa shape index (κ3) is 4.56. The molecule has 1 aromatic heterocycles. The monoisotopic (exact) mass is 475 g/mol. The molecule has 0 bridgehead atoms. The van der Waals surface area contributed by atoms with Crippen LogP contribution in [-0.4, -0.2) is 53.0 Å². The van der Waals surface area contributed by atoms with E-state index in [1.165, 1.54) is 0 Å². The quantitative estimate of drug-likeness (QED) is 0.470. The van der Waals surface area contributed by atoms with Crippen molar-refractivity contribution in [3.63, 3.8) is 0 Å². The van der Waals surface area contributed by atoms with E-state index in [0.29, 0.717) is 0 Å². The van der Waals surface area contributed by atoms with Gasteiger partial charge in [0.25, 0.3) is 9.84 Å². The highest BCUT2D eigenvalue weighted by molar-refractivity contribution is 7.92. The number of carbonyl (C=O) groups is 1. The SMILES string of the molecule is O=C(O)C1CCN(c2ncnc(Nc3ccc(S(=O)(=O)C(F)(F)F)cc3)c2[N+](=O)[O-])CC1. The summed E-state index contributed by atoms with van der Waals surface area (Å²) >= 11 is 0. The summed E-state index contributed by atoms with van der Waals surface area (Å²) in [5.74, 6) is -1.80. The summed E-state index contributed by atoms with van der Waals surface area (Å²) in [6.07, 6.45) is 1.60. The Labute approximate surface area is 179 Å². The lowest BCUT2D eigenvalue weighted by molar-refractivity contribution is -0.383. The topological polar surface area (TPSA) is 156 Å². The second-order valence-electron chi connectivity index (χ2n) is 6.85. The molecular formula is C17H16F3N5O6S. The normalized spacial score (nSPS) is 15.4. The van der Waals surface area contributed by atoms with Gasteiger partial charge in [0.05, 0.1) is 15.7 Å². The van der Waals surface area contributed by atoms with Gasteiger partial charge in [0.2, 0.25) is 11.6 Å². The maximum absolute atomic E-state index is 12.7. The number of nitrogens with zero attached hydrogens (tertiary/aromatic N) is 4. The minimum absolute atomic E-state index is 0.0346. The lowest BCUT2D eigenvalue weighted by Crippen LogP contribution is -2.37. The van der Waals surface area contributed by atoms with E-state index in [9.17, 15) is 36.5 Å². The average Bonchev–Trinajstić information content (AvgIpc) is 2.73. The summed E-state index contributed by atoms with van der Waals surface area (Å²) in [5.41, 5.74) is -5.91. The number of nitrogens with one attached hydrogen (secondary N) is 1. The molecule has 1 aliphatic heterocycles. The zero-order chi connectivity index (χ0) is 23.7. The first kappa shape index (κ1) is 23.2. The van der Waals surface area contributed by atoms with E-state index in [-0.39, 0.29) is 43.3 Å². The molecule has 15 heteroatoms. The van der Waals surface area contributed by atoms with Crippen LogP contribution in [-0.2, 0) is 14.6 Å². The summed E-state index contributed by atoms with van der Waals surface area (Å²) in [4.78, 5) is 30.4. The van der Waals surface area contributed by atoms with Crippen LogP contribution in [0.1, 0.15) is 12.8 Å². The number of alkyl halides is 3. The summed E-state index contributed by atoms with van der Waals surface area (Å²) in [5, 5.41) is 23.4. The number of anilines is 3. The fraction of sp³-hybridized carbons (Fsp3) is 0.353. The zero-order valence-corrected chi connectivity index (χ0v) is 16.9. The standard InChI is InChI=1S/C17H16F3N5O6S/c18-17(19,20)32(30,31)12-3-1-11(2-4-12)23-14-13(25(28)29)15(22-9-21-14)24-7-5-10(6-8-24)16(26)27/h1-4,9-10H,5-8H2,(H,26,27)(H,21,22,23). The minimum atomic E-state index is -5.53. The number of aromatic nitrogens is 2. The molecule has 0 radical (unpaired) electrons. The Bertz CT molecular complexity index is 1130. The van der Waals surface area contributed by atoms with Crippen molar-refractivity contribution in [2.75, 3.05) is 23.3 Å². The number of piperidine rings is 1. The maximum Gasteiger partial charge on any atom is 0.501 e. The van der Waals surface area contributed by atoms with Crippen LogP contribution >= 0.6 is 0 Å². The van der Waals surface area contributed by atoms with Gasteiger partial charge in [-0.1, -0.05) is 0 Å². The van der Waals surface area contributed by atoms with Gasteiger partial charge in [-0.25, -0.2) is 18.4 Å². The molecule has 0 atom stereocenters. The number of carboxylic acids is 1. The molecule has 0 saturated carbocycles. The first-order chi connectivity index (χ1) is 14.9. The highest BCUT2D eigenvalue weighted by Gasteiger charge is 2.46. The minimum Gasteiger partial charge on any atom is -0.481 e. The van der Waals surface area contributed by atoms with Gasteiger partial charge in [-0.05, 0) is 37.1 Å². The molecule has 11 nitrogen and oxygen atoms in total. The fourth-order valence-corrected chi connectivity index (χ4v) is 3.95. The van der Waals surface area contributed by atoms with Crippen LogP contribution in [0.25, 0.3) is 0 Å². The smallest absolute Gasteiger partial charge is 0.481 e. The lowest BCUT2D eigenvalue weighted by Gasteiger charge is -2.30. The van der Waals surface area contributed by atoms with Crippen LogP contribution in [0.2, 0.25) is 0 Å². The number of hydrogen-bond acceptors (Lipinski definition) is 9. The van der Waals surface area contributed by atoms with Crippen molar-refractivity contribution in [2.45, 2.75) is 23.2 Å². The van der Waals surface area contributed by atoms with E-state index in [4.69, 9.17) is 5.11 Å². The predicted molar refractivity (Wildman–Crippen MR) is 104 cm³/mol. The van der Waals surface area contributed by atoms with Crippen LogP contribution in [0.4, 0.5) is 36.2 Å². The molecule has 2 heterocycles. The number of aliphatic carboxylic acids is 1. The molecule has 3 rings (SSSR count). The summed E-state index contributed by atoms with van der Waals surface area (Å²) < 4.78 is 60.9. The van der Waals surface area contributed by atoms with E-state index >= 15 is 0 Å². The van der Waals surface area contributed by atoms with Gasteiger partial charge in [-0.3, -0.25) is 14.9 Å². The number of rotatable bonds is 6. The molecule has 0 unspecified atom stereocenters. The number of halogens is 3. The van der Waals surface area contributed by atoms with Crippen molar-refractivity contribution >= 4 is 38.8 Å². The molecule has 0 amide bonds. The molecule has 2 aromatic rings. The fourth-order valence-electron chi connectivity index (χ4n) is 3.19. The Hall–Kier alpha value is -3.49. The number of carboxylic acid groups (broad SMARTS) is 1. The number of hydrogen-bond donors (Lipinski definition) is 2. The molecule has 172 valence electrons. The van der Waals surface area contributed by atoms with Crippen LogP contribution in [0, 0.1) is 16.0 Å². The van der Waals surface area contributed by atoms with Gasteiger partial charge >= 0.3 is 17.2 Å². The molecule has 1 aromatic carbocycles. The number of nitro groups is 1. The highest BCUT2D eigenvalue weighted by Crippen LogP contribution is 2.36. The summed E-state index contributed by atoms with van der Waals surface area (Å²) in [6, 6.07) is 3.47. The van der Waals surface area contributed by atoms with Crippen molar-refractivity contribution in [1.29, 1.82) is 0 Å². The van der Waals surface area contributed by atoms with Gasteiger partial charge in [0, 0.05) is 18.8 Å². The van der Waals surface area contributed by atoms with Crippen LogP contribution < -0.4 is 10.2 Å². The number of sulfone groups is 1. The molecule has 1 aliphatic rings. The van der Waals surface area contributed by atoms with Gasteiger partial charge < -0.3 is 15.3 Å². The Morgan fingerprint density at radius 3 is 2.28 bits per heavy atom. The molecule has 0 spiro atoms. The van der Waals surface area contributed by atoms with Crippen molar-refractivity contribution < 1.29 is 36.4 Å². The third-order valence-electron chi connectivity index (χ3n) is 4.86. The van der Waals surface area contributed by atoms with Crippen molar-refractivity contribution in [3.05, 3.63) is 40.7 Å². The molecule has 1 saturated heterocycles. The molecular weight excluding hydrogens is 459 g/mol. The second kappa shape index (κ2) is 8.57. The lowest BCUT2D eigenvalue weighted by atomic mass is 9.97. The highest BCUT2D eigenvalue weighted by atomic mass is 32.2. The Morgan fingerprint density at radius 2 is 1.78 bits per heavy atom. The molecule has 32 heavy (non-hydrogen) atoms. The Balaban J connectivity index is 1.87. The predicted octanol–water partition coefficient (Wildman–Crippen LogP) is 2.72. The third-order valence-corrected chi connectivity index (χ3v) is 6.36. The first-order valence-electron chi connectivity index (χ1n) is 9.07. The first-order valence-corrected chi connectivity index (χ1v) is 10.6. The van der Waals surface area contributed by atoms with Crippen molar-refractivity contribution in [1.82, 2.24) is 9.97 Å². The Kier molecular flexibility index (Phi) is 6.20. The van der Waals surface area contributed by atoms with E-state index in [0.717, 1.165) is 30.6 Å². The maximum atomic E-state index is 12.7. The van der Waals surface area contributed by atoms with Gasteiger partial charge in [-0.15, -0.1) is 0 Å². The van der Waals surface area contributed by atoms with E-state index in [1.807, 2.05) is 0 Å². The van der Waals surface area contributed by atoms with Crippen LogP contribution in [0.5, 0.6) is 0 Å². The van der Waals surface area contributed by atoms with E-state index in [2.05, 4.69) is 15.3 Å². The van der Waals surface area contributed by atoms with Gasteiger partial charge in [0.1, 0.15) is 6.33 Å². The molecule has 1 fully saturated rings. The van der Waals surface area contributed by atoms with Gasteiger partial charge in [0.15, 0.2) is 0 Å². The molecule has 2 N–H and O–H groups in total. The largest absolute Gasteiger partial charge is 0.501 e. The second-order valence-corrected chi connectivity index (χ2v) is 8.79.